The van der Waals surface area contributed by atoms with Crippen molar-refractivity contribution >= 4 is 23.3 Å². The zero-order chi connectivity index (χ0) is 15.9. The molecule has 5 heteroatoms. The summed E-state index contributed by atoms with van der Waals surface area (Å²) in [6.45, 7) is 3.06. The number of hydrogen-bond donors (Lipinski definition) is 1. The lowest BCUT2D eigenvalue weighted by molar-refractivity contribution is 0.0602. The maximum Gasteiger partial charge on any atom is 0.340 e. The molecule has 0 saturated heterocycles. The molecule has 0 unspecified atom stereocenters. The Kier molecular flexibility index (Phi) is 5.67. The highest BCUT2D eigenvalue weighted by Gasteiger charge is 2.12. The van der Waals surface area contributed by atoms with Gasteiger partial charge in [0.2, 0.25) is 0 Å². The van der Waals surface area contributed by atoms with Crippen molar-refractivity contribution in [1.82, 2.24) is 0 Å². The predicted octanol–water partition coefficient (Wildman–Crippen LogP) is 3.93. The summed E-state index contributed by atoms with van der Waals surface area (Å²) in [7, 11) is 1.34. The third-order valence-corrected chi connectivity index (χ3v) is 3.33. The van der Waals surface area contributed by atoms with Crippen molar-refractivity contribution in [3.63, 3.8) is 0 Å². The first-order valence-electron chi connectivity index (χ1n) is 6.91. The second-order valence-electron chi connectivity index (χ2n) is 4.77. The summed E-state index contributed by atoms with van der Waals surface area (Å²) in [5, 5.41) is 3.64. The summed E-state index contributed by atoms with van der Waals surface area (Å²) < 4.78 is 10.4. The molecule has 0 fully saturated rings. The van der Waals surface area contributed by atoms with Crippen LogP contribution in [0.4, 0.5) is 5.69 Å². The summed E-state index contributed by atoms with van der Waals surface area (Å²) in [6, 6.07) is 12.9. The molecule has 2 rings (SSSR count). The lowest BCUT2D eigenvalue weighted by Gasteiger charge is -2.12. The molecule has 116 valence electrons. The van der Waals surface area contributed by atoms with Gasteiger partial charge in [-0.3, -0.25) is 0 Å². The molecule has 0 radical (unpaired) electrons. The lowest BCUT2D eigenvalue weighted by Crippen LogP contribution is -2.14. The molecule has 0 aliphatic rings. The van der Waals surface area contributed by atoms with E-state index in [2.05, 4.69) is 5.32 Å². The monoisotopic (exact) mass is 319 g/mol. The fraction of sp³-hybridized carbons (Fsp3) is 0.235. The first-order chi connectivity index (χ1) is 10.6. The quantitative estimate of drug-likeness (QED) is 0.647. The highest BCUT2D eigenvalue weighted by molar-refractivity contribution is 6.31. The Morgan fingerprint density at radius 3 is 2.59 bits per heavy atom. The average Bonchev–Trinajstić information content (AvgIpc) is 2.53. The minimum atomic E-state index is -0.426. The van der Waals surface area contributed by atoms with Gasteiger partial charge in [-0.1, -0.05) is 29.3 Å². The molecule has 0 aliphatic carbocycles. The van der Waals surface area contributed by atoms with Gasteiger partial charge in [0.25, 0.3) is 0 Å². The number of aryl methyl sites for hydroxylation is 1. The van der Waals surface area contributed by atoms with Crippen LogP contribution in [0.1, 0.15) is 15.9 Å². The van der Waals surface area contributed by atoms with E-state index in [0.717, 1.165) is 5.75 Å². The molecule has 0 aromatic heterocycles. The lowest BCUT2D eigenvalue weighted by atomic mass is 10.2. The summed E-state index contributed by atoms with van der Waals surface area (Å²) in [5.74, 6) is 0.390. The molecular weight excluding hydrogens is 302 g/mol. The Morgan fingerprint density at radius 1 is 1.18 bits per heavy atom. The van der Waals surface area contributed by atoms with Crippen molar-refractivity contribution in [2.45, 2.75) is 6.92 Å². The number of methoxy groups -OCH3 is 1. The number of carbonyl (C=O) groups is 1. The van der Waals surface area contributed by atoms with Crippen LogP contribution in [0.15, 0.2) is 42.5 Å². The molecule has 0 bridgehead atoms. The molecule has 0 saturated carbocycles. The Labute approximate surface area is 135 Å². The molecule has 0 heterocycles. The first kappa shape index (κ1) is 16.2. The van der Waals surface area contributed by atoms with Gasteiger partial charge in [0, 0.05) is 17.3 Å². The minimum Gasteiger partial charge on any atom is -0.492 e. The van der Waals surface area contributed by atoms with Gasteiger partial charge >= 0.3 is 5.97 Å². The smallest absolute Gasteiger partial charge is 0.340 e. The summed E-state index contributed by atoms with van der Waals surface area (Å²) in [4.78, 5) is 11.7. The Hall–Kier alpha value is -2.20. The van der Waals surface area contributed by atoms with Gasteiger partial charge < -0.3 is 14.8 Å². The van der Waals surface area contributed by atoms with Crippen LogP contribution in [0.25, 0.3) is 0 Å². The SMILES string of the molecule is COC(=O)c1cc(Cl)ccc1NCCOc1ccc(C)cc1. The number of esters is 1. The number of anilines is 1. The Balaban J connectivity index is 1.91. The number of rotatable bonds is 6. The maximum atomic E-state index is 11.7. The number of halogens is 1. The van der Waals surface area contributed by atoms with E-state index < -0.39 is 5.97 Å². The van der Waals surface area contributed by atoms with Gasteiger partial charge in [-0.25, -0.2) is 4.79 Å². The molecule has 0 amide bonds. The first-order valence-corrected chi connectivity index (χ1v) is 7.29. The van der Waals surface area contributed by atoms with Crippen molar-refractivity contribution in [3.05, 3.63) is 58.6 Å². The molecule has 2 aromatic carbocycles. The van der Waals surface area contributed by atoms with E-state index in [1.165, 1.54) is 12.7 Å². The van der Waals surface area contributed by atoms with E-state index in [4.69, 9.17) is 21.1 Å². The molecule has 0 aliphatic heterocycles. The van der Waals surface area contributed by atoms with E-state index in [1.807, 2.05) is 31.2 Å². The molecule has 2 aromatic rings. The number of carbonyl (C=O) groups excluding carboxylic acids is 1. The number of nitrogens with one attached hydrogen (secondary N) is 1. The van der Waals surface area contributed by atoms with E-state index in [1.54, 1.807) is 18.2 Å². The molecule has 1 N–H and O–H groups in total. The van der Waals surface area contributed by atoms with Crippen LogP contribution in [-0.2, 0) is 4.74 Å². The fourth-order valence-electron chi connectivity index (χ4n) is 1.94. The molecule has 0 spiro atoms. The van der Waals surface area contributed by atoms with Crippen molar-refractivity contribution in [3.8, 4) is 5.75 Å². The molecule has 22 heavy (non-hydrogen) atoms. The van der Waals surface area contributed by atoms with Gasteiger partial charge in [0.15, 0.2) is 0 Å². The highest BCUT2D eigenvalue weighted by Crippen LogP contribution is 2.21. The number of benzene rings is 2. The Bertz CT molecular complexity index is 641. The van der Waals surface area contributed by atoms with Gasteiger partial charge in [-0.05, 0) is 37.3 Å². The van der Waals surface area contributed by atoms with Crippen LogP contribution >= 0.6 is 11.6 Å². The van der Waals surface area contributed by atoms with E-state index in [9.17, 15) is 4.79 Å². The standard InChI is InChI=1S/C17H18ClNO3/c1-12-3-6-14(7-4-12)22-10-9-19-16-8-5-13(18)11-15(16)17(20)21-2/h3-8,11,19H,9-10H2,1-2H3. The van der Waals surface area contributed by atoms with Crippen molar-refractivity contribution in [2.75, 3.05) is 25.6 Å². The van der Waals surface area contributed by atoms with Crippen molar-refractivity contribution in [2.24, 2.45) is 0 Å². The molecule has 4 nitrogen and oxygen atoms in total. The van der Waals surface area contributed by atoms with Crippen LogP contribution in [0, 0.1) is 6.92 Å². The van der Waals surface area contributed by atoms with Gasteiger partial charge in [-0.15, -0.1) is 0 Å². The summed E-state index contributed by atoms with van der Waals surface area (Å²) in [6.07, 6.45) is 0. The normalized spacial score (nSPS) is 10.1. The zero-order valence-electron chi connectivity index (χ0n) is 12.6. The van der Waals surface area contributed by atoms with Gasteiger partial charge in [0.05, 0.1) is 12.7 Å². The van der Waals surface area contributed by atoms with Crippen LogP contribution in [0.5, 0.6) is 5.75 Å². The molecular formula is C17H18ClNO3. The number of ether oxygens (including phenoxy) is 2. The summed E-state index contributed by atoms with van der Waals surface area (Å²) in [5.41, 5.74) is 2.27. The van der Waals surface area contributed by atoms with Gasteiger partial charge in [-0.2, -0.15) is 0 Å². The topological polar surface area (TPSA) is 47.6 Å². The average molecular weight is 320 g/mol. The van der Waals surface area contributed by atoms with Crippen LogP contribution in [0.3, 0.4) is 0 Å². The largest absolute Gasteiger partial charge is 0.492 e. The van der Waals surface area contributed by atoms with Crippen LogP contribution < -0.4 is 10.1 Å². The fourth-order valence-corrected chi connectivity index (χ4v) is 2.11. The van der Waals surface area contributed by atoms with E-state index in [0.29, 0.717) is 29.4 Å². The predicted molar refractivity (Wildman–Crippen MR) is 88.0 cm³/mol. The van der Waals surface area contributed by atoms with E-state index in [-0.39, 0.29) is 0 Å². The van der Waals surface area contributed by atoms with Crippen LogP contribution in [0.2, 0.25) is 5.02 Å². The van der Waals surface area contributed by atoms with Crippen molar-refractivity contribution < 1.29 is 14.3 Å². The van der Waals surface area contributed by atoms with E-state index >= 15 is 0 Å². The van der Waals surface area contributed by atoms with Crippen LogP contribution in [-0.4, -0.2) is 26.2 Å². The second-order valence-corrected chi connectivity index (χ2v) is 5.21. The zero-order valence-corrected chi connectivity index (χ0v) is 13.3. The second kappa shape index (κ2) is 7.71. The number of hydrogen-bond acceptors (Lipinski definition) is 4. The maximum absolute atomic E-state index is 11.7. The third-order valence-electron chi connectivity index (χ3n) is 3.09. The summed E-state index contributed by atoms with van der Waals surface area (Å²) >= 11 is 5.91. The third kappa shape index (κ3) is 4.40. The highest BCUT2D eigenvalue weighted by atomic mass is 35.5. The molecule has 0 atom stereocenters. The Morgan fingerprint density at radius 2 is 1.91 bits per heavy atom. The van der Waals surface area contributed by atoms with Crippen molar-refractivity contribution in [1.29, 1.82) is 0 Å². The van der Waals surface area contributed by atoms with Gasteiger partial charge in [0.1, 0.15) is 12.4 Å². The minimum absolute atomic E-state index is 0.408.